The minimum absolute atomic E-state index is 0.107. The van der Waals surface area contributed by atoms with Crippen molar-refractivity contribution in [1.29, 1.82) is 0 Å². The summed E-state index contributed by atoms with van der Waals surface area (Å²) in [6.07, 6.45) is 0.899. The largest absolute Gasteiger partial charge is 0.480 e. The number of ether oxygens (including phenoxy) is 1. The van der Waals surface area contributed by atoms with Crippen LogP contribution in [-0.4, -0.2) is 16.0 Å². The van der Waals surface area contributed by atoms with E-state index in [1.54, 1.807) is 0 Å². The lowest BCUT2D eigenvalue weighted by Gasteiger charge is -2.08. The molecular weight excluding hydrogens is 294 g/mol. The average Bonchev–Trinajstić information content (AvgIpc) is 2.92. The Kier molecular flexibility index (Phi) is 4.54. The summed E-state index contributed by atoms with van der Waals surface area (Å²) in [5.74, 6) is -1.46. The van der Waals surface area contributed by atoms with Crippen LogP contribution in [0.4, 0.5) is 5.69 Å². The third kappa shape index (κ3) is 3.38. The molecule has 1 N–H and O–H groups in total. The number of hydrogen-bond acceptors (Lipinski definition) is 5. The van der Waals surface area contributed by atoms with Crippen LogP contribution in [0, 0.1) is 10.1 Å². The third-order valence-electron chi connectivity index (χ3n) is 2.85. The van der Waals surface area contributed by atoms with E-state index < -0.39 is 10.9 Å². The first-order chi connectivity index (χ1) is 10.0. The number of hydrogen-bond donors (Lipinski definition) is 1. The van der Waals surface area contributed by atoms with Gasteiger partial charge in [-0.15, -0.1) is 11.3 Å². The van der Waals surface area contributed by atoms with E-state index >= 15 is 0 Å². The SMILES string of the molecule is CCc1ccc(COc2c(C(=O)O)cccc2[N+](=O)[O-])s1. The highest BCUT2D eigenvalue weighted by atomic mass is 32.1. The van der Waals surface area contributed by atoms with Crippen LogP contribution in [0.2, 0.25) is 0 Å². The summed E-state index contributed by atoms with van der Waals surface area (Å²) < 4.78 is 5.42. The van der Waals surface area contributed by atoms with Gasteiger partial charge < -0.3 is 9.84 Å². The fourth-order valence-electron chi connectivity index (χ4n) is 1.82. The van der Waals surface area contributed by atoms with Crippen molar-refractivity contribution < 1.29 is 19.6 Å². The number of thiophene rings is 1. The van der Waals surface area contributed by atoms with E-state index in [4.69, 9.17) is 9.84 Å². The van der Waals surface area contributed by atoms with E-state index in [2.05, 4.69) is 0 Å². The Morgan fingerprint density at radius 1 is 1.33 bits per heavy atom. The minimum atomic E-state index is -1.26. The van der Waals surface area contributed by atoms with Gasteiger partial charge in [-0.05, 0) is 24.6 Å². The summed E-state index contributed by atoms with van der Waals surface area (Å²) in [5.41, 5.74) is -0.557. The molecule has 0 fully saturated rings. The molecule has 0 unspecified atom stereocenters. The molecular formula is C14H13NO5S. The van der Waals surface area contributed by atoms with E-state index in [1.807, 2.05) is 19.1 Å². The first-order valence-electron chi connectivity index (χ1n) is 6.24. The number of nitro groups is 1. The molecule has 0 atom stereocenters. The maximum Gasteiger partial charge on any atom is 0.339 e. The summed E-state index contributed by atoms with van der Waals surface area (Å²) in [6, 6.07) is 7.68. The molecule has 0 aliphatic carbocycles. The normalized spacial score (nSPS) is 10.3. The van der Waals surface area contributed by atoms with Crippen LogP contribution >= 0.6 is 11.3 Å². The summed E-state index contributed by atoms with van der Waals surface area (Å²) in [6.45, 7) is 2.14. The Bertz CT molecular complexity index is 648. The molecule has 2 rings (SSSR count). The number of para-hydroxylation sites is 1. The highest BCUT2D eigenvalue weighted by molar-refractivity contribution is 7.11. The molecule has 1 heterocycles. The van der Waals surface area contributed by atoms with Gasteiger partial charge in [-0.2, -0.15) is 0 Å². The zero-order chi connectivity index (χ0) is 15.4. The lowest BCUT2D eigenvalue weighted by atomic mass is 10.1. The Morgan fingerprint density at radius 2 is 2.05 bits per heavy atom. The Labute approximate surface area is 124 Å². The number of rotatable bonds is 6. The molecule has 110 valence electrons. The molecule has 7 heteroatoms. The molecule has 0 saturated heterocycles. The predicted molar refractivity (Wildman–Crippen MR) is 78.1 cm³/mol. The van der Waals surface area contributed by atoms with Crippen molar-refractivity contribution in [2.75, 3.05) is 0 Å². The molecule has 0 bridgehead atoms. The molecule has 0 amide bonds. The van der Waals surface area contributed by atoms with Gasteiger partial charge in [0.2, 0.25) is 5.75 Å². The van der Waals surface area contributed by atoms with Crippen molar-refractivity contribution in [3.8, 4) is 5.75 Å². The Hall–Kier alpha value is -2.41. The van der Waals surface area contributed by atoms with Gasteiger partial charge in [-0.3, -0.25) is 10.1 Å². The van der Waals surface area contributed by atoms with Gasteiger partial charge in [0, 0.05) is 15.8 Å². The molecule has 0 aliphatic rings. The molecule has 1 aromatic carbocycles. The van der Waals surface area contributed by atoms with Crippen LogP contribution in [0.1, 0.15) is 27.0 Å². The summed E-state index contributed by atoms with van der Waals surface area (Å²) in [7, 11) is 0. The van der Waals surface area contributed by atoms with Crippen LogP contribution in [0.25, 0.3) is 0 Å². The molecule has 1 aromatic heterocycles. The van der Waals surface area contributed by atoms with Crippen LogP contribution < -0.4 is 4.74 Å². The zero-order valence-corrected chi connectivity index (χ0v) is 12.1. The van der Waals surface area contributed by atoms with Crippen molar-refractivity contribution in [1.82, 2.24) is 0 Å². The molecule has 0 saturated carbocycles. The van der Waals surface area contributed by atoms with Crippen LogP contribution in [0.15, 0.2) is 30.3 Å². The standard InChI is InChI=1S/C14H13NO5S/c1-2-9-6-7-10(21-9)8-20-13-11(14(16)17)4-3-5-12(13)15(18)19/h3-7H,2,8H2,1H3,(H,16,17). The smallest absolute Gasteiger partial charge is 0.339 e. The van der Waals surface area contributed by atoms with E-state index in [0.29, 0.717) is 0 Å². The van der Waals surface area contributed by atoms with Crippen LogP contribution in [0.5, 0.6) is 5.75 Å². The van der Waals surface area contributed by atoms with E-state index in [0.717, 1.165) is 11.3 Å². The fraction of sp³-hybridized carbons (Fsp3) is 0.214. The first kappa shape index (κ1) is 15.0. The molecule has 0 radical (unpaired) electrons. The Morgan fingerprint density at radius 3 is 2.62 bits per heavy atom. The number of nitro benzene ring substituents is 1. The number of carboxylic acid groups (broad SMARTS) is 1. The van der Waals surface area contributed by atoms with Crippen LogP contribution in [-0.2, 0) is 13.0 Å². The van der Waals surface area contributed by atoms with E-state index in [1.165, 1.54) is 34.4 Å². The molecule has 0 spiro atoms. The van der Waals surface area contributed by atoms with E-state index in [-0.39, 0.29) is 23.6 Å². The van der Waals surface area contributed by atoms with Gasteiger partial charge in [0.15, 0.2) is 0 Å². The second-order valence-corrected chi connectivity index (χ2v) is 5.48. The van der Waals surface area contributed by atoms with Crippen LogP contribution in [0.3, 0.4) is 0 Å². The maximum atomic E-state index is 11.2. The number of aromatic carboxylic acids is 1. The van der Waals surface area contributed by atoms with Gasteiger partial charge in [0.25, 0.3) is 0 Å². The summed E-state index contributed by atoms with van der Waals surface area (Å²) in [4.78, 5) is 23.6. The predicted octanol–water partition coefficient (Wildman–Crippen LogP) is 3.50. The van der Waals surface area contributed by atoms with Crippen molar-refractivity contribution >= 4 is 23.0 Å². The fourth-order valence-corrected chi connectivity index (χ4v) is 2.69. The lowest BCUT2D eigenvalue weighted by Crippen LogP contribution is -2.05. The average molecular weight is 307 g/mol. The van der Waals surface area contributed by atoms with Crippen molar-refractivity contribution in [2.24, 2.45) is 0 Å². The number of carbonyl (C=O) groups is 1. The summed E-state index contributed by atoms with van der Waals surface area (Å²) in [5, 5.41) is 20.1. The van der Waals surface area contributed by atoms with Gasteiger partial charge in [0.05, 0.1) is 4.92 Å². The van der Waals surface area contributed by atoms with Gasteiger partial charge >= 0.3 is 11.7 Å². The zero-order valence-electron chi connectivity index (χ0n) is 11.2. The number of aryl methyl sites for hydroxylation is 1. The maximum absolute atomic E-state index is 11.2. The monoisotopic (exact) mass is 307 g/mol. The second-order valence-electron chi connectivity index (χ2n) is 4.23. The second kappa shape index (κ2) is 6.36. The first-order valence-corrected chi connectivity index (χ1v) is 7.05. The Balaban J connectivity index is 2.28. The molecule has 6 nitrogen and oxygen atoms in total. The number of benzene rings is 1. The van der Waals surface area contributed by atoms with Crippen molar-refractivity contribution in [2.45, 2.75) is 20.0 Å². The van der Waals surface area contributed by atoms with Gasteiger partial charge in [0.1, 0.15) is 12.2 Å². The van der Waals surface area contributed by atoms with E-state index in [9.17, 15) is 14.9 Å². The molecule has 2 aromatic rings. The molecule has 0 aliphatic heterocycles. The van der Waals surface area contributed by atoms with Gasteiger partial charge in [-0.25, -0.2) is 4.79 Å². The topological polar surface area (TPSA) is 89.7 Å². The van der Waals surface area contributed by atoms with Crippen molar-refractivity contribution in [3.05, 3.63) is 55.8 Å². The number of carboxylic acids is 1. The number of nitrogens with zero attached hydrogens (tertiary/aromatic N) is 1. The summed E-state index contributed by atoms with van der Waals surface area (Å²) >= 11 is 1.54. The third-order valence-corrected chi connectivity index (χ3v) is 4.05. The quantitative estimate of drug-likeness (QED) is 0.651. The minimum Gasteiger partial charge on any atom is -0.480 e. The van der Waals surface area contributed by atoms with Crippen molar-refractivity contribution in [3.63, 3.8) is 0 Å². The molecule has 21 heavy (non-hydrogen) atoms. The van der Waals surface area contributed by atoms with Gasteiger partial charge in [-0.1, -0.05) is 13.0 Å². The highest BCUT2D eigenvalue weighted by Gasteiger charge is 2.23. The highest BCUT2D eigenvalue weighted by Crippen LogP contribution is 2.32. The lowest BCUT2D eigenvalue weighted by molar-refractivity contribution is -0.386.